The number of esters is 1. The number of hydrogen-bond donors (Lipinski definition) is 0. The first kappa shape index (κ1) is 23.5. The van der Waals surface area contributed by atoms with E-state index in [0.29, 0.717) is 12.2 Å². The molecule has 0 saturated heterocycles. The largest absolute Gasteiger partial charge is 0.461 e. The van der Waals surface area contributed by atoms with Gasteiger partial charge in [0.15, 0.2) is 20.4 Å². The van der Waals surface area contributed by atoms with Crippen LogP contribution in [-0.4, -0.2) is 45.7 Å². The highest BCUT2D eigenvalue weighted by molar-refractivity contribution is 6.74. The van der Waals surface area contributed by atoms with E-state index >= 15 is 0 Å². The second-order valence-electron chi connectivity index (χ2n) is 8.70. The van der Waals surface area contributed by atoms with Gasteiger partial charge in [-0.2, -0.15) is 0 Å². The number of hydrogen-bond acceptors (Lipinski definition) is 6. The SMILES string of the molecule is CC(=O)OCC1=C[C@@H](OCc2ccccc2)O[C@H](CO[Si](C)(C)C(C)(C)C)C1=O. The van der Waals surface area contributed by atoms with Crippen LogP contribution in [0.4, 0.5) is 0 Å². The summed E-state index contributed by atoms with van der Waals surface area (Å²) in [6.45, 7) is 12.4. The summed E-state index contributed by atoms with van der Waals surface area (Å²) in [5.41, 5.74) is 1.37. The zero-order chi connectivity index (χ0) is 21.7. The van der Waals surface area contributed by atoms with Crippen LogP contribution >= 0.6 is 0 Å². The van der Waals surface area contributed by atoms with Crippen LogP contribution in [0.2, 0.25) is 18.1 Å². The van der Waals surface area contributed by atoms with Crippen LogP contribution in [0.1, 0.15) is 33.3 Å². The average Bonchev–Trinajstić information content (AvgIpc) is 2.65. The lowest BCUT2D eigenvalue weighted by Gasteiger charge is -2.38. The van der Waals surface area contributed by atoms with Crippen molar-refractivity contribution in [3.63, 3.8) is 0 Å². The highest BCUT2D eigenvalue weighted by atomic mass is 28.4. The lowest BCUT2D eigenvalue weighted by molar-refractivity contribution is -0.173. The molecule has 0 aromatic heterocycles. The second-order valence-corrected chi connectivity index (χ2v) is 13.5. The number of Topliss-reactive ketones (excluding diaryl/α,β-unsaturated/α-hetero) is 1. The fourth-order valence-corrected chi connectivity index (χ4v) is 3.47. The topological polar surface area (TPSA) is 71.1 Å². The smallest absolute Gasteiger partial charge is 0.302 e. The molecular weight excluding hydrogens is 388 g/mol. The van der Waals surface area contributed by atoms with Crippen molar-refractivity contribution in [2.24, 2.45) is 0 Å². The van der Waals surface area contributed by atoms with Gasteiger partial charge in [-0.3, -0.25) is 9.59 Å². The van der Waals surface area contributed by atoms with Crippen molar-refractivity contribution in [1.82, 2.24) is 0 Å². The summed E-state index contributed by atoms with van der Waals surface area (Å²) in [7, 11) is -2.05. The average molecular weight is 421 g/mol. The van der Waals surface area contributed by atoms with E-state index in [0.717, 1.165) is 5.56 Å². The van der Waals surface area contributed by atoms with Crippen LogP contribution < -0.4 is 0 Å². The monoisotopic (exact) mass is 420 g/mol. The molecule has 7 heteroatoms. The maximum absolute atomic E-state index is 12.8. The maximum atomic E-state index is 12.8. The molecule has 29 heavy (non-hydrogen) atoms. The predicted octanol–water partition coefficient (Wildman–Crippen LogP) is 4.01. The van der Waals surface area contributed by atoms with Gasteiger partial charge in [0.2, 0.25) is 0 Å². The maximum Gasteiger partial charge on any atom is 0.302 e. The van der Waals surface area contributed by atoms with Crippen LogP contribution in [0.3, 0.4) is 0 Å². The molecule has 1 heterocycles. The number of rotatable bonds is 8. The van der Waals surface area contributed by atoms with E-state index in [4.69, 9.17) is 18.6 Å². The number of carbonyl (C=O) groups is 2. The molecule has 0 amide bonds. The van der Waals surface area contributed by atoms with E-state index in [1.807, 2.05) is 30.3 Å². The second kappa shape index (κ2) is 9.80. The molecule has 0 bridgehead atoms. The van der Waals surface area contributed by atoms with Gasteiger partial charge in [0.1, 0.15) is 12.7 Å². The summed E-state index contributed by atoms with van der Waals surface area (Å²) in [4.78, 5) is 24.0. The first-order valence-electron chi connectivity index (χ1n) is 9.83. The Morgan fingerprint density at radius 2 is 1.79 bits per heavy atom. The lowest BCUT2D eigenvalue weighted by atomic mass is 10.0. The predicted molar refractivity (Wildman–Crippen MR) is 113 cm³/mol. The molecule has 0 radical (unpaired) electrons. The molecule has 0 N–H and O–H groups in total. The van der Waals surface area contributed by atoms with Crippen LogP contribution in [-0.2, 0) is 34.8 Å². The van der Waals surface area contributed by atoms with Gasteiger partial charge >= 0.3 is 5.97 Å². The molecule has 1 aliphatic heterocycles. The summed E-state index contributed by atoms with van der Waals surface area (Å²) < 4.78 is 23.0. The van der Waals surface area contributed by atoms with Crippen molar-refractivity contribution in [2.75, 3.05) is 13.2 Å². The van der Waals surface area contributed by atoms with Gasteiger partial charge in [-0.15, -0.1) is 0 Å². The summed E-state index contributed by atoms with van der Waals surface area (Å²) in [5.74, 6) is -0.675. The highest BCUT2D eigenvalue weighted by Gasteiger charge is 2.40. The van der Waals surface area contributed by atoms with Gasteiger partial charge in [0.25, 0.3) is 0 Å². The van der Waals surface area contributed by atoms with Crippen molar-refractivity contribution >= 4 is 20.1 Å². The van der Waals surface area contributed by atoms with E-state index in [1.54, 1.807) is 6.08 Å². The molecule has 1 aromatic carbocycles. The fraction of sp³-hybridized carbons (Fsp3) is 0.545. The van der Waals surface area contributed by atoms with Crippen LogP contribution in [0.5, 0.6) is 0 Å². The molecule has 0 saturated carbocycles. The molecule has 2 atom stereocenters. The standard InChI is InChI=1S/C22H32O6Si/c1-16(23)25-14-18-12-20(26-13-17-10-8-7-9-11-17)28-19(21(18)24)15-27-29(5,6)22(2,3)4/h7-12,19-20H,13-15H2,1-6H3/t19-,20+/m1/s1. The Balaban J connectivity index is 2.09. The molecule has 0 unspecified atom stereocenters. The van der Waals surface area contributed by atoms with Gasteiger partial charge < -0.3 is 18.6 Å². The van der Waals surface area contributed by atoms with E-state index in [1.165, 1.54) is 6.92 Å². The molecule has 0 aliphatic carbocycles. The summed E-state index contributed by atoms with van der Waals surface area (Å²) >= 11 is 0. The zero-order valence-corrected chi connectivity index (χ0v) is 19.2. The van der Waals surface area contributed by atoms with E-state index < -0.39 is 26.7 Å². The fourth-order valence-electron chi connectivity index (χ4n) is 2.47. The van der Waals surface area contributed by atoms with Crippen LogP contribution in [0, 0.1) is 0 Å². The third-order valence-corrected chi connectivity index (χ3v) is 9.84. The third-order valence-electron chi connectivity index (χ3n) is 5.33. The van der Waals surface area contributed by atoms with E-state index in [2.05, 4.69) is 33.9 Å². The van der Waals surface area contributed by atoms with E-state index in [-0.39, 0.29) is 24.0 Å². The van der Waals surface area contributed by atoms with Gasteiger partial charge in [-0.25, -0.2) is 0 Å². The molecule has 1 aromatic rings. The van der Waals surface area contributed by atoms with Crippen molar-refractivity contribution < 1.29 is 28.2 Å². The normalized spacial score (nSPS) is 20.3. The van der Waals surface area contributed by atoms with Crippen molar-refractivity contribution in [3.05, 3.63) is 47.5 Å². The summed E-state index contributed by atoms with van der Waals surface area (Å²) in [6.07, 6.45) is 0.0729. The quantitative estimate of drug-likeness (QED) is 0.467. The highest BCUT2D eigenvalue weighted by Crippen LogP contribution is 2.37. The molecule has 1 aliphatic rings. The third kappa shape index (κ3) is 6.89. The van der Waals surface area contributed by atoms with Gasteiger partial charge in [0.05, 0.1) is 13.2 Å². The Morgan fingerprint density at radius 1 is 1.14 bits per heavy atom. The minimum absolute atomic E-state index is 0.0182. The van der Waals surface area contributed by atoms with Gasteiger partial charge in [0, 0.05) is 12.5 Å². The number of ether oxygens (including phenoxy) is 3. The first-order valence-corrected chi connectivity index (χ1v) is 12.7. The summed E-state index contributed by atoms with van der Waals surface area (Å²) in [6, 6.07) is 9.71. The Bertz CT molecular complexity index is 735. The van der Waals surface area contributed by atoms with Gasteiger partial charge in [-0.1, -0.05) is 51.1 Å². The Morgan fingerprint density at radius 3 is 2.38 bits per heavy atom. The number of benzene rings is 1. The van der Waals surface area contributed by atoms with Crippen LogP contribution in [0.25, 0.3) is 0 Å². The lowest BCUT2D eigenvalue weighted by Crippen LogP contribution is -2.46. The Hall–Kier alpha value is -1.80. The first-order chi connectivity index (χ1) is 13.5. The van der Waals surface area contributed by atoms with Crippen molar-refractivity contribution in [1.29, 1.82) is 0 Å². The molecule has 2 rings (SSSR count). The zero-order valence-electron chi connectivity index (χ0n) is 18.2. The molecule has 0 spiro atoms. The summed E-state index contributed by atoms with van der Waals surface area (Å²) in [5, 5.41) is 0.0182. The Kier molecular flexibility index (Phi) is 7.93. The molecular formula is C22H32O6Si. The van der Waals surface area contributed by atoms with Crippen LogP contribution in [0.15, 0.2) is 42.0 Å². The van der Waals surface area contributed by atoms with Crippen molar-refractivity contribution in [2.45, 2.75) is 64.8 Å². The molecule has 160 valence electrons. The number of ketones is 1. The van der Waals surface area contributed by atoms with E-state index in [9.17, 15) is 9.59 Å². The number of carbonyl (C=O) groups excluding carboxylic acids is 2. The molecule has 6 nitrogen and oxygen atoms in total. The minimum atomic E-state index is -2.05. The van der Waals surface area contributed by atoms with Crippen molar-refractivity contribution in [3.8, 4) is 0 Å². The Labute approximate surface area is 174 Å². The van der Waals surface area contributed by atoms with Gasteiger partial charge in [-0.05, 0) is 29.8 Å². The molecule has 0 fully saturated rings. The minimum Gasteiger partial charge on any atom is -0.461 e.